The molecule has 0 fully saturated rings. The first-order valence-electron chi connectivity index (χ1n) is 6.60. The fourth-order valence-corrected chi connectivity index (χ4v) is 3.27. The number of carboxylic acid groups (broad SMARTS) is 1. The Balaban J connectivity index is 2.28. The highest BCUT2D eigenvalue weighted by Crippen LogP contribution is 2.48. The number of hydrogen-bond acceptors (Lipinski definition) is 1. The van der Waals surface area contributed by atoms with Crippen molar-refractivity contribution in [2.24, 2.45) is 0 Å². The van der Waals surface area contributed by atoms with Crippen molar-refractivity contribution in [3.63, 3.8) is 0 Å². The van der Waals surface area contributed by atoms with E-state index in [1.54, 1.807) is 6.07 Å². The summed E-state index contributed by atoms with van der Waals surface area (Å²) in [5, 5.41) is 9.15. The van der Waals surface area contributed by atoms with Crippen LogP contribution < -0.4 is 0 Å². The molecule has 2 nitrogen and oxygen atoms in total. The van der Waals surface area contributed by atoms with E-state index in [4.69, 9.17) is 5.11 Å². The largest absolute Gasteiger partial charge is 0.481 e. The Kier molecular flexibility index (Phi) is 2.85. The van der Waals surface area contributed by atoms with Crippen LogP contribution in [0, 0.1) is 19.7 Å². The lowest BCUT2D eigenvalue weighted by Gasteiger charge is -2.14. The third kappa shape index (κ3) is 1.90. The zero-order valence-corrected chi connectivity index (χ0v) is 11.4. The standard InChI is InChI=1S/C17H15FO2/c1-9-5-10(2)17-14(6-9)12-4-3-11(18)7-13(12)15(17)8-16(19)20/h3-7,15H,8H2,1-2H3,(H,19,20). The molecule has 3 rings (SSSR count). The SMILES string of the molecule is Cc1cc(C)c2c(c1)-c1ccc(F)cc1C2CC(=O)O. The lowest BCUT2D eigenvalue weighted by molar-refractivity contribution is -0.137. The highest BCUT2D eigenvalue weighted by molar-refractivity contribution is 5.83. The van der Waals surface area contributed by atoms with E-state index < -0.39 is 5.97 Å². The molecule has 0 saturated heterocycles. The molecule has 0 radical (unpaired) electrons. The number of fused-ring (bicyclic) bond motifs is 3. The van der Waals surface area contributed by atoms with Gasteiger partial charge in [-0.05, 0) is 53.8 Å². The maximum absolute atomic E-state index is 13.5. The van der Waals surface area contributed by atoms with Crippen molar-refractivity contribution in [1.29, 1.82) is 0 Å². The molecule has 1 aliphatic rings. The number of benzene rings is 2. The van der Waals surface area contributed by atoms with E-state index in [0.717, 1.165) is 33.4 Å². The second-order valence-electron chi connectivity index (χ2n) is 5.43. The first-order chi connectivity index (χ1) is 9.47. The number of aryl methyl sites for hydroxylation is 2. The Labute approximate surface area is 116 Å². The van der Waals surface area contributed by atoms with Crippen LogP contribution in [-0.4, -0.2) is 11.1 Å². The van der Waals surface area contributed by atoms with Crippen LogP contribution in [0.25, 0.3) is 11.1 Å². The summed E-state index contributed by atoms with van der Waals surface area (Å²) in [5.74, 6) is -1.44. The van der Waals surface area contributed by atoms with Crippen LogP contribution >= 0.6 is 0 Å². The summed E-state index contributed by atoms with van der Waals surface area (Å²) < 4.78 is 13.5. The molecule has 0 amide bonds. The number of carbonyl (C=O) groups is 1. The van der Waals surface area contributed by atoms with Crippen molar-refractivity contribution in [3.8, 4) is 11.1 Å². The molecule has 1 atom stereocenters. The molecule has 0 heterocycles. The summed E-state index contributed by atoms with van der Waals surface area (Å²) in [5.41, 5.74) is 6.02. The molecule has 2 aromatic rings. The monoisotopic (exact) mass is 270 g/mol. The van der Waals surface area contributed by atoms with E-state index in [2.05, 4.69) is 12.1 Å². The molecule has 0 saturated carbocycles. The average Bonchev–Trinajstić information content (AvgIpc) is 2.63. The van der Waals surface area contributed by atoms with Gasteiger partial charge < -0.3 is 5.11 Å². The van der Waals surface area contributed by atoms with Gasteiger partial charge in [0.2, 0.25) is 0 Å². The van der Waals surface area contributed by atoms with Gasteiger partial charge in [0.1, 0.15) is 5.82 Å². The second-order valence-corrected chi connectivity index (χ2v) is 5.43. The molecule has 0 aliphatic heterocycles. The van der Waals surface area contributed by atoms with Gasteiger partial charge in [-0.3, -0.25) is 4.79 Å². The van der Waals surface area contributed by atoms with Crippen LogP contribution in [0.5, 0.6) is 0 Å². The summed E-state index contributed by atoms with van der Waals surface area (Å²) in [6.07, 6.45) is -0.00659. The van der Waals surface area contributed by atoms with Gasteiger partial charge in [0, 0.05) is 5.92 Å². The van der Waals surface area contributed by atoms with Crippen molar-refractivity contribution in [2.75, 3.05) is 0 Å². The van der Waals surface area contributed by atoms with Crippen LogP contribution in [0.15, 0.2) is 30.3 Å². The number of rotatable bonds is 2. The maximum Gasteiger partial charge on any atom is 0.304 e. The predicted molar refractivity (Wildman–Crippen MR) is 75.4 cm³/mol. The molecule has 1 N–H and O–H groups in total. The van der Waals surface area contributed by atoms with Gasteiger partial charge in [-0.1, -0.05) is 23.8 Å². The number of hydrogen-bond donors (Lipinski definition) is 1. The minimum absolute atomic E-state index is 0.00659. The Morgan fingerprint density at radius 1 is 1.20 bits per heavy atom. The zero-order valence-electron chi connectivity index (χ0n) is 11.4. The lowest BCUT2D eigenvalue weighted by Crippen LogP contribution is -2.06. The van der Waals surface area contributed by atoms with Gasteiger partial charge in [-0.2, -0.15) is 0 Å². The van der Waals surface area contributed by atoms with Crippen LogP contribution in [0.4, 0.5) is 4.39 Å². The summed E-state index contributed by atoms with van der Waals surface area (Å²) >= 11 is 0. The van der Waals surface area contributed by atoms with Crippen molar-refractivity contribution < 1.29 is 14.3 Å². The number of halogens is 1. The molecule has 2 aromatic carbocycles. The fourth-order valence-electron chi connectivity index (χ4n) is 3.27. The molecule has 1 unspecified atom stereocenters. The Hall–Kier alpha value is -2.16. The summed E-state index contributed by atoms with van der Waals surface area (Å²) in [6, 6.07) is 8.77. The second kappa shape index (κ2) is 4.44. The summed E-state index contributed by atoms with van der Waals surface area (Å²) in [7, 11) is 0. The summed E-state index contributed by atoms with van der Waals surface area (Å²) in [4.78, 5) is 11.1. The van der Waals surface area contributed by atoms with E-state index in [0.29, 0.717) is 0 Å². The molecular formula is C17H15FO2. The minimum atomic E-state index is -0.863. The van der Waals surface area contributed by atoms with Gasteiger partial charge in [-0.15, -0.1) is 0 Å². The van der Waals surface area contributed by atoms with Crippen LogP contribution in [0.2, 0.25) is 0 Å². The lowest BCUT2D eigenvalue weighted by atomic mass is 9.90. The van der Waals surface area contributed by atoms with Gasteiger partial charge in [0.15, 0.2) is 0 Å². The third-order valence-corrected chi connectivity index (χ3v) is 3.94. The molecule has 0 spiro atoms. The smallest absolute Gasteiger partial charge is 0.304 e. The highest BCUT2D eigenvalue weighted by Gasteiger charge is 2.32. The first kappa shape index (κ1) is 12.9. The van der Waals surface area contributed by atoms with Gasteiger partial charge in [0.25, 0.3) is 0 Å². The van der Waals surface area contributed by atoms with Gasteiger partial charge in [-0.25, -0.2) is 4.39 Å². The van der Waals surface area contributed by atoms with Gasteiger partial charge in [0.05, 0.1) is 6.42 Å². The normalized spacial score (nSPS) is 15.8. The summed E-state index contributed by atoms with van der Waals surface area (Å²) in [6.45, 7) is 4.00. The molecule has 3 heteroatoms. The number of carboxylic acids is 1. The number of aliphatic carboxylic acids is 1. The Morgan fingerprint density at radius 3 is 2.65 bits per heavy atom. The molecule has 1 aliphatic carbocycles. The quantitative estimate of drug-likeness (QED) is 0.894. The molecule has 102 valence electrons. The Bertz CT molecular complexity index is 719. The third-order valence-electron chi connectivity index (χ3n) is 3.94. The topological polar surface area (TPSA) is 37.3 Å². The van der Waals surface area contributed by atoms with Crippen molar-refractivity contribution in [1.82, 2.24) is 0 Å². The van der Waals surface area contributed by atoms with Crippen LogP contribution in [-0.2, 0) is 4.79 Å². The molecular weight excluding hydrogens is 255 g/mol. The zero-order chi connectivity index (χ0) is 14.4. The molecule has 0 bridgehead atoms. The van der Waals surface area contributed by atoms with E-state index in [9.17, 15) is 9.18 Å². The first-order valence-corrected chi connectivity index (χ1v) is 6.60. The van der Waals surface area contributed by atoms with E-state index in [1.807, 2.05) is 13.8 Å². The van der Waals surface area contributed by atoms with Crippen molar-refractivity contribution in [2.45, 2.75) is 26.2 Å². The van der Waals surface area contributed by atoms with E-state index >= 15 is 0 Å². The highest BCUT2D eigenvalue weighted by atomic mass is 19.1. The average molecular weight is 270 g/mol. The van der Waals surface area contributed by atoms with Crippen LogP contribution in [0.1, 0.15) is 34.6 Å². The predicted octanol–water partition coefficient (Wildman–Crippen LogP) is 4.03. The maximum atomic E-state index is 13.5. The fraction of sp³-hybridized carbons (Fsp3) is 0.235. The van der Waals surface area contributed by atoms with Crippen molar-refractivity contribution >= 4 is 5.97 Å². The van der Waals surface area contributed by atoms with E-state index in [-0.39, 0.29) is 18.2 Å². The van der Waals surface area contributed by atoms with Crippen molar-refractivity contribution in [3.05, 3.63) is 58.4 Å². The molecule has 20 heavy (non-hydrogen) atoms. The van der Waals surface area contributed by atoms with E-state index in [1.165, 1.54) is 12.1 Å². The molecule has 0 aromatic heterocycles. The van der Waals surface area contributed by atoms with Crippen LogP contribution in [0.3, 0.4) is 0 Å². The van der Waals surface area contributed by atoms with Gasteiger partial charge >= 0.3 is 5.97 Å². The Morgan fingerprint density at radius 2 is 1.95 bits per heavy atom. The minimum Gasteiger partial charge on any atom is -0.481 e.